The highest BCUT2D eigenvalue weighted by Crippen LogP contribution is 2.36. The van der Waals surface area contributed by atoms with Crippen LogP contribution in [-0.4, -0.2) is 17.1 Å². The van der Waals surface area contributed by atoms with Gasteiger partial charge < -0.3 is 4.74 Å². The molecule has 0 N–H and O–H groups in total. The number of rotatable bonds is 2. The minimum Gasteiger partial charge on any atom is -0.495 e. The van der Waals surface area contributed by atoms with Crippen molar-refractivity contribution < 1.29 is 4.74 Å². The molecule has 0 bridgehead atoms. The normalized spacial score (nSPS) is 10.9. The number of ether oxygens (including phenoxy) is 1. The number of thiophene rings is 1. The lowest BCUT2D eigenvalue weighted by Gasteiger charge is -2.06. The van der Waals surface area contributed by atoms with Gasteiger partial charge in [-0.2, -0.15) is 0 Å². The number of halogens is 2. The van der Waals surface area contributed by atoms with Crippen LogP contribution in [0.15, 0.2) is 29.6 Å². The Morgan fingerprint density at radius 1 is 1.16 bits per heavy atom. The van der Waals surface area contributed by atoms with Gasteiger partial charge in [-0.05, 0) is 23.6 Å². The molecule has 0 atom stereocenters. The maximum absolute atomic E-state index is 6.20. The summed E-state index contributed by atoms with van der Waals surface area (Å²) in [6, 6.07) is 7.32. The maximum Gasteiger partial charge on any atom is 0.175 e. The van der Waals surface area contributed by atoms with E-state index in [1.807, 2.05) is 23.6 Å². The minimum atomic E-state index is 0.387. The van der Waals surface area contributed by atoms with Crippen molar-refractivity contribution in [1.29, 1.82) is 0 Å². The SMILES string of the molecule is COc1ccsc1-c1nc(Cl)c2cccc(Cl)c2n1. The van der Waals surface area contributed by atoms with Crippen molar-refractivity contribution in [3.63, 3.8) is 0 Å². The molecule has 3 nitrogen and oxygen atoms in total. The van der Waals surface area contributed by atoms with E-state index in [0.29, 0.717) is 21.5 Å². The van der Waals surface area contributed by atoms with Crippen LogP contribution in [0.25, 0.3) is 21.6 Å². The van der Waals surface area contributed by atoms with Crippen molar-refractivity contribution in [2.24, 2.45) is 0 Å². The van der Waals surface area contributed by atoms with Crippen molar-refractivity contribution in [3.05, 3.63) is 39.8 Å². The van der Waals surface area contributed by atoms with E-state index in [9.17, 15) is 0 Å². The molecule has 0 fully saturated rings. The summed E-state index contributed by atoms with van der Waals surface area (Å²) < 4.78 is 5.28. The van der Waals surface area contributed by atoms with Gasteiger partial charge in [0, 0.05) is 5.39 Å². The molecule has 19 heavy (non-hydrogen) atoms. The number of hydrogen-bond acceptors (Lipinski definition) is 4. The Morgan fingerprint density at radius 2 is 2.00 bits per heavy atom. The van der Waals surface area contributed by atoms with Crippen LogP contribution in [0, 0.1) is 0 Å². The molecule has 96 valence electrons. The van der Waals surface area contributed by atoms with Crippen molar-refractivity contribution in [3.8, 4) is 16.5 Å². The monoisotopic (exact) mass is 310 g/mol. The fourth-order valence-electron chi connectivity index (χ4n) is 1.80. The van der Waals surface area contributed by atoms with Gasteiger partial charge in [0.1, 0.15) is 15.8 Å². The fraction of sp³-hybridized carbons (Fsp3) is 0.0769. The molecule has 2 aromatic heterocycles. The smallest absolute Gasteiger partial charge is 0.175 e. The molecule has 0 saturated heterocycles. The zero-order valence-electron chi connectivity index (χ0n) is 9.85. The number of hydrogen-bond donors (Lipinski definition) is 0. The van der Waals surface area contributed by atoms with E-state index in [1.54, 1.807) is 13.2 Å². The fourth-order valence-corrected chi connectivity index (χ4v) is 3.04. The van der Waals surface area contributed by atoms with Crippen LogP contribution in [0.3, 0.4) is 0 Å². The molecule has 0 aliphatic carbocycles. The molecule has 3 aromatic rings. The number of para-hydroxylation sites is 1. The van der Waals surface area contributed by atoms with Gasteiger partial charge in [-0.25, -0.2) is 9.97 Å². The predicted octanol–water partition coefficient (Wildman–Crippen LogP) is 4.67. The molecule has 0 radical (unpaired) electrons. The second-order valence-corrected chi connectivity index (χ2v) is 5.47. The van der Waals surface area contributed by atoms with Crippen LogP contribution in [0.2, 0.25) is 10.2 Å². The van der Waals surface area contributed by atoms with Gasteiger partial charge in [0.15, 0.2) is 5.82 Å². The summed E-state index contributed by atoms with van der Waals surface area (Å²) in [5, 5.41) is 3.60. The Bertz CT molecular complexity index is 757. The molecule has 0 aliphatic rings. The van der Waals surface area contributed by atoms with E-state index >= 15 is 0 Å². The molecule has 3 rings (SSSR count). The van der Waals surface area contributed by atoms with Crippen molar-refractivity contribution in [2.75, 3.05) is 7.11 Å². The molecule has 0 saturated carbocycles. The van der Waals surface area contributed by atoms with Crippen LogP contribution >= 0.6 is 34.5 Å². The first kappa shape index (κ1) is 12.7. The summed E-state index contributed by atoms with van der Waals surface area (Å²) in [5.74, 6) is 1.25. The number of aromatic nitrogens is 2. The highest BCUT2D eigenvalue weighted by molar-refractivity contribution is 7.13. The quantitative estimate of drug-likeness (QED) is 0.645. The van der Waals surface area contributed by atoms with Gasteiger partial charge in [-0.15, -0.1) is 11.3 Å². The molecule has 0 amide bonds. The van der Waals surface area contributed by atoms with E-state index in [4.69, 9.17) is 27.9 Å². The second kappa shape index (κ2) is 4.96. The lowest BCUT2D eigenvalue weighted by Crippen LogP contribution is -1.92. The zero-order valence-corrected chi connectivity index (χ0v) is 12.2. The lowest BCUT2D eigenvalue weighted by molar-refractivity contribution is 0.418. The molecule has 2 heterocycles. The highest BCUT2D eigenvalue weighted by atomic mass is 35.5. The summed E-state index contributed by atoms with van der Waals surface area (Å²) in [4.78, 5) is 9.65. The molecule has 0 spiro atoms. The molecule has 1 aromatic carbocycles. The van der Waals surface area contributed by atoms with Gasteiger partial charge in [-0.1, -0.05) is 29.3 Å². The van der Waals surface area contributed by atoms with Crippen LogP contribution < -0.4 is 4.74 Å². The maximum atomic E-state index is 6.20. The molecule has 0 unspecified atom stereocenters. The Hall–Kier alpha value is -1.36. The van der Waals surface area contributed by atoms with Crippen LogP contribution in [0.4, 0.5) is 0 Å². The number of benzene rings is 1. The third kappa shape index (κ3) is 2.16. The Morgan fingerprint density at radius 3 is 2.79 bits per heavy atom. The van der Waals surface area contributed by atoms with Crippen molar-refractivity contribution in [2.45, 2.75) is 0 Å². The number of fused-ring (bicyclic) bond motifs is 1. The predicted molar refractivity (Wildman–Crippen MR) is 79.4 cm³/mol. The van der Waals surface area contributed by atoms with Crippen molar-refractivity contribution >= 4 is 45.4 Å². The first-order valence-electron chi connectivity index (χ1n) is 5.44. The number of methoxy groups -OCH3 is 1. The molecule has 6 heteroatoms. The van der Waals surface area contributed by atoms with Crippen molar-refractivity contribution in [1.82, 2.24) is 9.97 Å². The molecular weight excluding hydrogens is 303 g/mol. The zero-order chi connectivity index (χ0) is 13.4. The molecular formula is C13H8Cl2N2OS. The summed E-state index contributed by atoms with van der Waals surface area (Å²) >= 11 is 13.9. The van der Waals surface area contributed by atoms with E-state index in [1.165, 1.54) is 11.3 Å². The first-order chi connectivity index (χ1) is 9.20. The van der Waals surface area contributed by atoms with Gasteiger partial charge in [0.2, 0.25) is 0 Å². The average Bonchev–Trinajstić information content (AvgIpc) is 2.88. The van der Waals surface area contributed by atoms with Crippen LogP contribution in [0.5, 0.6) is 5.75 Å². The van der Waals surface area contributed by atoms with Gasteiger partial charge in [0.25, 0.3) is 0 Å². The van der Waals surface area contributed by atoms with Gasteiger partial charge in [0.05, 0.1) is 17.6 Å². The highest BCUT2D eigenvalue weighted by Gasteiger charge is 2.14. The summed E-state index contributed by atoms with van der Waals surface area (Å²) in [6.45, 7) is 0. The van der Waals surface area contributed by atoms with Crippen LogP contribution in [-0.2, 0) is 0 Å². The lowest BCUT2D eigenvalue weighted by atomic mass is 10.2. The second-order valence-electron chi connectivity index (χ2n) is 3.79. The van der Waals surface area contributed by atoms with E-state index in [0.717, 1.165) is 16.0 Å². The Balaban J connectivity index is 2.29. The summed E-state index contributed by atoms with van der Waals surface area (Å²) in [6.07, 6.45) is 0. The van der Waals surface area contributed by atoms with E-state index in [2.05, 4.69) is 9.97 Å². The minimum absolute atomic E-state index is 0.387. The van der Waals surface area contributed by atoms with Gasteiger partial charge in [-0.3, -0.25) is 0 Å². The Kier molecular flexibility index (Phi) is 3.31. The average molecular weight is 311 g/mol. The first-order valence-corrected chi connectivity index (χ1v) is 7.08. The van der Waals surface area contributed by atoms with E-state index in [-0.39, 0.29) is 0 Å². The molecule has 0 aliphatic heterocycles. The van der Waals surface area contributed by atoms with Gasteiger partial charge >= 0.3 is 0 Å². The Labute approximate surface area is 123 Å². The summed E-state index contributed by atoms with van der Waals surface area (Å²) in [7, 11) is 1.61. The third-order valence-electron chi connectivity index (χ3n) is 2.68. The standard InChI is InChI=1S/C13H8Cl2N2OS/c1-18-9-5-6-19-11(9)13-16-10-7(12(15)17-13)3-2-4-8(10)14/h2-6H,1H3. The topological polar surface area (TPSA) is 35.0 Å². The largest absolute Gasteiger partial charge is 0.495 e. The van der Waals surface area contributed by atoms with Crippen LogP contribution in [0.1, 0.15) is 0 Å². The summed E-state index contributed by atoms with van der Waals surface area (Å²) in [5.41, 5.74) is 0.648. The third-order valence-corrected chi connectivity index (χ3v) is 4.17. The van der Waals surface area contributed by atoms with E-state index < -0.39 is 0 Å². The number of nitrogens with zero attached hydrogens (tertiary/aromatic N) is 2.